The van der Waals surface area contributed by atoms with Crippen LogP contribution in [0.3, 0.4) is 0 Å². The molecule has 0 atom stereocenters. The van der Waals surface area contributed by atoms with Crippen LogP contribution >= 0.6 is 15.9 Å². The molecular formula is C11H16BrN3. The molecule has 2 rings (SSSR count). The summed E-state index contributed by atoms with van der Waals surface area (Å²) in [6.07, 6.45) is 7.70. The Morgan fingerprint density at radius 2 is 2.07 bits per heavy atom. The first-order valence-corrected chi connectivity index (χ1v) is 6.22. The molecule has 1 aliphatic heterocycles. The number of hydrazine groups is 1. The van der Waals surface area contributed by atoms with E-state index in [0.29, 0.717) is 0 Å². The zero-order chi connectivity index (χ0) is 10.5. The lowest BCUT2D eigenvalue weighted by Gasteiger charge is -2.27. The zero-order valence-corrected chi connectivity index (χ0v) is 10.3. The van der Waals surface area contributed by atoms with Crippen LogP contribution in [-0.2, 0) is 6.54 Å². The quantitative estimate of drug-likeness (QED) is 0.913. The van der Waals surface area contributed by atoms with Crippen LogP contribution in [0.1, 0.15) is 24.8 Å². The van der Waals surface area contributed by atoms with E-state index in [2.05, 4.69) is 37.4 Å². The molecule has 0 amide bonds. The summed E-state index contributed by atoms with van der Waals surface area (Å²) < 4.78 is 1.04. The highest BCUT2D eigenvalue weighted by molar-refractivity contribution is 9.10. The molecule has 2 heterocycles. The molecule has 0 aliphatic carbocycles. The minimum absolute atomic E-state index is 0.867. The fraction of sp³-hybridized carbons (Fsp3) is 0.545. The highest BCUT2D eigenvalue weighted by Crippen LogP contribution is 2.10. The van der Waals surface area contributed by atoms with Crippen molar-refractivity contribution in [2.24, 2.45) is 0 Å². The van der Waals surface area contributed by atoms with Crippen molar-refractivity contribution in [3.8, 4) is 0 Å². The molecular weight excluding hydrogens is 254 g/mol. The van der Waals surface area contributed by atoms with Crippen molar-refractivity contribution >= 4 is 15.9 Å². The van der Waals surface area contributed by atoms with Gasteiger partial charge in [0.05, 0.1) is 0 Å². The highest BCUT2D eigenvalue weighted by Gasteiger charge is 2.08. The van der Waals surface area contributed by atoms with E-state index in [-0.39, 0.29) is 0 Å². The fourth-order valence-electron chi connectivity index (χ4n) is 1.81. The Labute approximate surface area is 99.0 Å². The topological polar surface area (TPSA) is 28.2 Å². The summed E-state index contributed by atoms with van der Waals surface area (Å²) in [6, 6.07) is 2.10. The van der Waals surface area contributed by atoms with Crippen molar-refractivity contribution in [2.45, 2.75) is 25.8 Å². The summed E-state index contributed by atoms with van der Waals surface area (Å²) >= 11 is 3.42. The number of halogens is 1. The van der Waals surface area contributed by atoms with Gasteiger partial charge in [0.15, 0.2) is 0 Å². The molecule has 4 heteroatoms. The average Bonchev–Trinajstić information content (AvgIpc) is 2.28. The monoisotopic (exact) mass is 269 g/mol. The van der Waals surface area contributed by atoms with Crippen LogP contribution in [0.25, 0.3) is 0 Å². The maximum Gasteiger partial charge on any atom is 0.0410 e. The van der Waals surface area contributed by atoms with Gasteiger partial charge in [0.2, 0.25) is 0 Å². The molecule has 1 aromatic heterocycles. The van der Waals surface area contributed by atoms with Crippen LogP contribution in [-0.4, -0.2) is 23.1 Å². The SMILES string of the molecule is Brc1cncc(CNN2CCCCC2)c1. The van der Waals surface area contributed by atoms with E-state index in [1.165, 1.54) is 37.9 Å². The molecule has 1 aromatic rings. The lowest BCUT2D eigenvalue weighted by atomic mass is 10.2. The molecule has 0 spiro atoms. The Morgan fingerprint density at radius 1 is 1.27 bits per heavy atom. The number of rotatable bonds is 3. The first-order chi connectivity index (χ1) is 7.34. The Morgan fingerprint density at radius 3 is 2.80 bits per heavy atom. The molecule has 0 bridgehead atoms. The summed E-state index contributed by atoms with van der Waals surface area (Å²) in [5, 5.41) is 2.31. The van der Waals surface area contributed by atoms with E-state index >= 15 is 0 Å². The van der Waals surface area contributed by atoms with E-state index in [1.807, 2.05) is 12.4 Å². The molecule has 1 fully saturated rings. The third-order valence-corrected chi connectivity index (χ3v) is 3.06. The van der Waals surface area contributed by atoms with Gasteiger partial charge in [-0.15, -0.1) is 0 Å². The summed E-state index contributed by atoms with van der Waals surface area (Å²) in [5.74, 6) is 0. The van der Waals surface area contributed by atoms with Crippen molar-refractivity contribution in [2.75, 3.05) is 13.1 Å². The van der Waals surface area contributed by atoms with Crippen LogP contribution < -0.4 is 5.43 Å². The summed E-state index contributed by atoms with van der Waals surface area (Å²) in [6.45, 7) is 3.20. The molecule has 15 heavy (non-hydrogen) atoms. The van der Waals surface area contributed by atoms with Gasteiger partial charge in [-0.2, -0.15) is 0 Å². The minimum Gasteiger partial charge on any atom is -0.263 e. The van der Waals surface area contributed by atoms with Gasteiger partial charge < -0.3 is 0 Å². The number of hydrogen-bond donors (Lipinski definition) is 1. The van der Waals surface area contributed by atoms with Crippen LogP contribution in [0.5, 0.6) is 0 Å². The van der Waals surface area contributed by atoms with Crippen LogP contribution in [0.2, 0.25) is 0 Å². The zero-order valence-electron chi connectivity index (χ0n) is 8.75. The van der Waals surface area contributed by atoms with Gasteiger partial charge >= 0.3 is 0 Å². The number of aromatic nitrogens is 1. The van der Waals surface area contributed by atoms with Crippen LogP contribution in [0.4, 0.5) is 0 Å². The molecule has 0 saturated carbocycles. The third kappa shape index (κ3) is 3.55. The van der Waals surface area contributed by atoms with Gasteiger partial charge in [-0.1, -0.05) is 6.42 Å². The maximum absolute atomic E-state index is 4.14. The normalized spacial score (nSPS) is 17.9. The standard InChI is InChI=1S/C11H16BrN3/c12-11-6-10(7-13-9-11)8-14-15-4-2-1-3-5-15/h6-7,9,14H,1-5,8H2. The molecule has 82 valence electrons. The van der Waals surface area contributed by atoms with Gasteiger partial charge in [0, 0.05) is 36.5 Å². The van der Waals surface area contributed by atoms with Gasteiger partial charge in [0.25, 0.3) is 0 Å². The van der Waals surface area contributed by atoms with Crippen molar-refractivity contribution in [1.82, 2.24) is 15.4 Å². The van der Waals surface area contributed by atoms with Crippen LogP contribution in [0, 0.1) is 0 Å². The van der Waals surface area contributed by atoms with E-state index in [4.69, 9.17) is 0 Å². The molecule has 0 unspecified atom stereocenters. The molecule has 3 nitrogen and oxygen atoms in total. The van der Waals surface area contributed by atoms with Gasteiger partial charge in [0.1, 0.15) is 0 Å². The first kappa shape index (κ1) is 11.0. The average molecular weight is 270 g/mol. The van der Waals surface area contributed by atoms with Crippen molar-refractivity contribution in [3.05, 3.63) is 28.5 Å². The fourth-order valence-corrected chi connectivity index (χ4v) is 2.22. The third-order valence-electron chi connectivity index (χ3n) is 2.62. The molecule has 1 aliphatic rings. The summed E-state index contributed by atoms with van der Waals surface area (Å²) in [7, 11) is 0. The van der Waals surface area contributed by atoms with Gasteiger partial charge in [-0.05, 0) is 40.4 Å². The molecule has 0 radical (unpaired) electrons. The number of hydrogen-bond acceptors (Lipinski definition) is 3. The second-order valence-corrected chi connectivity index (χ2v) is 4.81. The molecule has 1 saturated heterocycles. The summed E-state index contributed by atoms with van der Waals surface area (Å²) in [4.78, 5) is 4.14. The highest BCUT2D eigenvalue weighted by atomic mass is 79.9. The number of piperidine rings is 1. The van der Waals surface area contributed by atoms with Gasteiger partial charge in [-0.3, -0.25) is 10.4 Å². The minimum atomic E-state index is 0.867. The van der Waals surface area contributed by atoms with Crippen molar-refractivity contribution in [3.63, 3.8) is 0 Å². The number of nitrogens with one attached hydrogen (secondary N) is 1. The lowest BCUT2D eigenvalue weighted by Crippen LogP contribution is -2.41. The number of nitrogens with zero attached hydrogens (tertiary/aromatic N) is 2. The first-order valence-electron chi connectivity index (χ1n) is 5.42. The smallest absolute Gasteiger partial charge is 0.0410 e. The second kappa shape index (κ2) is 5.58. The Balaban J connectivity index is 1.81. The van der Waals surface area contributed by atoms with Gasteiger partial charge in [-0.25, -0.2) is 5.01 Å². The predicted molar refractivity (Wildman–Crippen MR) is 64.2 cm³/mol. The Hall–Kier alpha value is -0.450. The lowest BCUT2D eigenvalue weighted by molar-refractivity contribution is 0.151. The molecule has 1 N–H and O–H groups in total. The molecule has 0 aromatic carbocycles. The maximum atomic E-state index is 4.14. The van der Waals surface area contributed by atoms with Crippen molar-refractivity contribution in [1.29, 1.82) is 0 Å². The van der Waals surface area contributed by atoms with E-state index in [9.17, 15) is 0 Å². The Bertz CT molecular complexity index is 310. The Kier molecular flexibility index (Phi) is 4.11. The summed E-state index contributed by atoms with van der Waals surface area (Å²) in [5.41, 5.74) is 4.66. The largest absolute Gasteiger partial charge is 0.263 e. The second-order valence-electron chi connectivity index (χ2n) is 3.89. The van der Waals surface area contributed by atoms with E-state index in [1.54, 1.807) is 0 Å². The van der Waals surface area contributed by atoms with E-state index in [0.717, 1.165) is 11.0 Å². The van der Waals surface area contributed by atoms with Crippen molar-refractivity contribution < 1.29 is 0 Å². The van der Waals surface area contributed by atoms with Crippen LogP contribution in [0.15, 0.2) is 22.9 Å². The van der Waals surface area contributed by atoms with E-state index < -0.39 is 0 Å². The predicted octanol–water partition coefficient (Wildman–Crippen LogP) is 2.33. The number of pyridine rings is 1.